The molecule has 3 nitrogen and oxygen atoms in total. The van der Waals surface area contributed by atoms with Gasteiger partial charge in [0.2, 0.25) is 0 Å². The first-order chi connectivity index (χ1) is 11.2. The van der Waals surface area contributed by atoms with Crippen LogP contribution >= 0.6 is 0 Å². The smallest absolute Gasteiger partial charge is 0.279 e. The fourth-order valence-electron chi connectivity index (χ4n) is 2.50. The van der Waals surface area contributed by atoms with Gasteiger partial charge in [0.25, 0.3) is 10.0 Å². The molecular weight excluding hydrogens is 339 g/mol. The molecule has 24 heavy (non-hydrogen) atoms. The van der Waals surface area contributed by atoms with Crippen LogP contribution in [0.5, 0.6) is 0 Å². The maximum Gasteiger partial charge on any atom is 0.417 e. The third kappa shape index (κ3) is 3.72. The lowest BCUT2D eigenvalue weighted by Crippen LogP contribution is -2.20. The van der Waals surface area contributed by atoms with Crippen LogP contribution in [0.15, 0.2) is 47.4 Å². The van der Waals surface area contributed by atoms with E-state index in [1.165, 1.54) is 12.1 Å². The zero-order valence-electron chi connectivity index (χ0n) is 13.3. The van der Waals surface area contributed by atoms with Crippen molar-refractivity contribution in [3.05, 3.63) is 59.2 Å². The Kier molecular flexibility index (Phi) is 5.22. The van der Waals surface area contributed by atoms with E-state index < -0.39 is 26.7 Å². The summed E-state index contributed by atoms with van der Waals surface area (Å²) in [4.78, 5) is -0.773. The lowest BCUT2D eigenvalue weighted by Gasteiger charge is -2.18. The van der Waals surface area contributed by atoms with Gasteiger partial charge < -0.3 is 0 Å². The Labute approximate surface area is 139 Å². The number of nitrogens with one attached hydrogen (secondary N) is 1. The molecule has 0 heterocycles. The van der Waals surface area contributed by atoms with Crippen molar-refractivity contribution in [3.8, 4) is 0 Å². The number of benzene rings is 2. The molecule has 130 valence electrons. The van der Waals surface area contributed by atoms with Gasteiger partial charge in [0.15, 0.2) is 0 Å². The molecule has 0 spiro atoms. The number of rotatable bonds is 5. The van der Waals surface area contributed by atoms with E-state index in [1.54, 1.807) is 18.2 Å². The number of hydrogen-bond acceptors (Lipinski definition) is 2. The summed E-state index contributed by atoms with van der Waals surface area (Å²) in [5.41, 5.74) is 0.661. The minimum absolute atomic E-state index is 0.361. The minimum Gasteiger partial charge on any atom is -0.279 e. The molecule has 0 atom stereocenters. The van der Waals surface area contributed by atoms with Gasteiger partial charge in [-0.1, -0.05) is 44.2 Å². The Morgan fingerprint density at radius 2 is 1.46 bits per heavy atom. The molecule has 0 aromatic heterocycles. The van der Waals surface area contributed by atoms with Crippen molar-refractivity contribution in [1.82, 2.24) is 0 Å². The van der Waals surface area contributed by atoms with E-state index in [2.05, 4.69) is 4.72 Å². The van der Waals surface area contributed by atoms with E-state index in [0.717, 1.165) is 23.3 Å². The molecule has 1 N–H and O–H groups in total. The summed E-state index contributed by atoms with van der Waals surface area (Å²) in [5.74, 6) is 0. The van der Waals surface area contributed by atoms with Crippen LogP contribution in [-0.4, -0.2) is 8.42 Å². The first-order valence-electron chi connectivity index (χ1n) is 7.50. The van der Waals surface area contributed by atoms with Gasteiger partial charge in [0, 0.05) is 0 Å². The molecular formula is C17H18F3NO2S. The summed E-state index contributed by atoms with van der Waals surface area (Å²) in [5, 5.41) is 0. The molecule has 7 heteroatoms. The Morgan fingerprint density at radius 1 is 0.917 bits per heavy atom. The molecule has 0 saturated heterocycles. The number of hydrogen-bond donors (Lipinski definition) is 1. The fourth-order valence-corrected chi connectivity index (χ4v) is 3.87. The predicted octanol–water partition coefficient (Wildman–Crippen LogP) is 4.63. The highest BCUT2D eigenvalue weighted by Crippen LogP contribution is 2.35. The van der Waals surface area contributed by atoms with E-state index in [0.29, 0.717) is 18.5 Å². The van der Waals surface area contributed by atoms with Crippen molar-refractivity contribution >= 4 is 15.7 Å². The largest absolute Gasteiger partial charge is 0.417 e. The second-order valence-electron chi connectivity index (χ2n) is 5.26. The maximum absolute atomic E-state index is 13.1. The van der Waals surface area contributed by atoms with Gasteiger partial charge in [-0.2, -0.15) is 13.2 Å². The lowest BCUT2D eigenvalue weighted by atomic mass is 10.0. The fraction of sp³-hybridized carbons (Fsp3) is 0.294. The Morgan fingerprint density at radius 3 is 1.96 bits per heavy atom. The summed E-state index contributed by atoms with van der Waals surface area (Å²) in [7, 11) is -4.36. The van der Waals surface area contributed by atoms with Crippen molar-refractivity contribution in [2.24, 2.45) is 0 Å². The van der Waals surface area contributed by atoms with Gasteiger partial charge in [0.1, 0.15) is 0 Å². The molecule has 0 unspecified atom stereocenters. The summed E-state index contributed by atoms with van der Waals surface area (Å²) >= 11 is 0. The second kappa shape index (κ2) is 6.84. The number of anilines is 1. The maximum atomic E-state index is 13.1. The predicted molar refractivity (Wildman–Crippen MR) is 87.5 cm³/mol. The van der Waals surface area contributed by atoms with E-state index in [9.17, 15) is 21.6 Å². The van der Waals surface area contributed by atoms with Crippen LogP contribution in [0.2, 0.25) is 0 Å². The van der Waals surface area contributed by atoms with E-state index in [1.807, 2.05) is 13.8 Å². The Balaban J connectivity index is 2.56. The quantitative estimate of drug-likeness (QED) is 0.848. The van der Waals surface area contributed by atoms with Crippen molar-refractivity contribution < 1.29 is 21.6 Å². The molecule has 0 aliphatic rings. The van der Waals surface area contributed by atoms with Gasteiger partial charge in [-0.25, -0.2) is 8.42 Å². The number of alkyl halides is 3. The normalized spacial score (nSPS) is 12.2. The van der Waals surface area contributed by atoms with E-state index in [4.69, 9.17) is 0 Å². The summed E-state index contributed by atoms with van der Waals surface area (Å²) in [6, 6.07) is 9.49. The third-order valence-electron chi connectivity index (χ3n) is 3.72. The molecule has 0 fully saturated rings. The highest BCUT2D eigenvalue weighted by atomic mass is 32.2. The molecule has 0 saturated carbocycles. The van der Waals surface area contributed by atoms with E-state index >= 15 is 0 Å². The molecule has 0 radical (unpaired) electrons. The van der Waals surface area contributed by atoms with Gasteiger partial charge in [-0.15, -0.1) is 0 Å². The standard InChI is InChI=1S/C17H18F3NO2S/c1-3-12-8-7-9-13(4-2)16(12)21-24(22,23)15-11-6-5-10-14(15)17(18,19)20/h5-11,21H,3-4H2,1-2H3. The van der Waals surface area contributed by atoms with Gasteiger partial charge in [-0.3, -0.25) is 4.72 Å². The topological polar surface area (TPSA) is 46.2 Å². The van der Waals surface area contributed by atoms with Crippen LogP contribution in [0.1, 0.15) is 30.5 Å². The third-order valence-corrected chi connectivity index (χ3v) is 5.13. The van der Waals surface area contributed by atoms with Crippen molar-refractivity contribution in [2.75, 3.05) is 4.72 Å². The van der Waals surface area contributed by atoms with Crippen LogP contribution < -0.4 is 4.72 Å². The molecule has 0 aliphatic heterocycles. The molecule has 0 amide bonds. The zero-order chi connectivity index (χ0) is 18.0. The average molecular weight is 357 g/mol. The molecule has 0 bridgehead atoms. The number of para-hydroxylation sites is 1. The van der Waals surface area contributed by atoms with Crippen molar-refractivity contribution in [1.29, 1.82) is 0 Å². The monoisotopic (exact) mass is 357 g/mol. The van der Waals surface area contributed by atoms with Gasteiger partial charge >= 0.3 is 6.18 Å². The van der Waals surface area contributed by atoms with Gasteiger partial charge in [-0.05, 0) is 36.1 Å². The van der Waals surface area contributed by atoms with Crippen molar-refractivity contribution in [2.45, 2.75) is 37.8 Å². The molecule has 0 aliphatic carbocycles. The Bertz CT molecular complexity index is 808. The average Bonchev–Trinajstić information content (AvgIpc) is 2.54. The zero-order valence-corrected chi connectivity index (χ0v) is 14.1. The van der Waals surface area contributed by atoms with Crippen LogP contribution in [0.4, 0.5) is 18.9 Å². The van der Waals surface area contributed by atoms with Gasteiger partial charge in [0.05, 0.1) is 16.1 Å². The summed E-state index contributed by atoms with van der Waals surface area (Å²) in [6.07, 6.45) is -3.62. The molecule has 2 aromatic rings. The SMILES string of the molecule is CCc1cccc(CC)c1NS(=O)(=O)c1ccccc1C(F)(F)F. The molecule has 2 aromatic carbocycles. The summed E-state index contributed by atoms with van der Waals surface area (Å²) < 4.78 is 66.9. The highest BCUT2D eigenvalue weighted by molar-refractivity contribution is 7.92. The second-order valence-corrected chi connectivity index (χ2v) is 6.91. The summed E-state index contributed by atoms with van der Waals surface area (Å²) in [6.45, 7) is 3.71. The van der Waals surface area contributed by atoms with Crippen LogP contribution in [0.25, 0.3) is 0 Å². The number of sulfonamides is 1. The first kappa shape index (κ1) is 18.3. The van der Waals surface area contributed by atoms with Crippen LogP contribution in [-0.2, 0) is 29.0 Å². The number of halogens is 3. The van der Waals surface area contributed by atoms with Crippen LogP contribution in [0.3, 0.4) is 0 Å². The molecule has 2 rings (SSSR count). The number of aryl methyl sites for hydroxylation is 2. The van der Waals surface area contributed by atoms with Crippen LogP contribution in [0, 0.1) is 0 Å². The minimum atomic E-state index is -4.75. The van der Waals surface area contributed by atoms with Crippen molar-refractivity contribution in [3.63, 3.8) is 0 Å². The first-order valence-corrected chi connectivity index (χ1v) is 8.98. The Hall–Kier alpha value is -2.02. The highest BCUT2D eigenvalue weighted by Gasteiger charge is 2.37. The van der Waals surface area contributed by atoms with E-state index in [-0.39, 0.29) is 0 Å². The lowest BCUT2D eigenvalue weighted by molar-refractivity contribution is -0.139.